The van der Waals surface area contributed by atoms with Gasteiger partial charge in [-0.05, 0) is 55.9 Å². The highest BCUT2D eigenvalue weighted by Gasteiger charge is 2.34. The molecule has 1 aromatic carbocycles. The number of nitrogens with zero attached hydrogens (tertiary/aromatic N) is 1. The van der Waals surface area contributed by atoms with Gasteiger partial charge in [0.25, 0.3) is 0 Å². The highest BCUT2D eigenvalue weighted by molar-refractivity contribution is 7.89. The van der Waals surface area contributed by atoms with E-state index in [0.29, 0.717) is 24.6 Å². The zero-order valence-electron chi connectivity index (χ0n) is 12.1. The molecule has 2 aliphatic rings. The standard InChI is InChI=1S/C15H20FNO3S/c1-11-8-14(4-5-15(11)16)21(18,19)17-7-6-13(9-17)20-10-12-2-3-12/h4-5,8,12-13H,2-3,6-7,9-10H2,1H3. The Morgan fingerprint density at radius 2 is 2.10 bits per heavy atom. The fraction of sp³-hybridized carbons (Fsp3) is 0.600. The van der Waals surface area contributed by atoms with Crippen molar-refractivity contribution in [3.05, 3.63) is 29.6 Å². The summed E-state index contributed by atoms with van der Waals surface area (Å²) >= 11 is 0. The predicted molar refractivity (Wildman–Crippen MR) is 77.0 cm³/mol. The molecule has 6 heteroatoms. The Labute approximate surface area is 125 Å². The largest absolute Gasteiger partial charge is 0.377 e. The van der Waals surface area contributed by atoms with Crippen molar-refractivity contribution in [3.63, 3.8) is 0 Å². The third-order valence-electron chi connectivity index (χ3n) is 4.14. The minimum absolute atomic E-state index is 0.0121. The van der Waals surface area contributed by atoms with E-state index in [4.69, 9.17) is 4.74 Å². The maximum Gasteiger partial charge on any atom is 0.243 e. The fourth-order valence-electron chi connectivity index (χ4n) is 2.54. The van der Waals surface area contributed by atoms with Crippen molar-refractivity contribution >= 4 is 10.0 Å². The second-order valence-electron chi connectivity index (χ2n) is 5.96. The third kappa shape index (κ3) is 3.27. The lowest BCUT2D eigenvalue weighted by Crippen LogP contribution is -2.30. The number of aryl methyl sites for hydroxylation is 1. The molecule has 1 saturated carbocycles. The van der Waals surface area contributed by atoms with E-state index >= 15 is 0 Å². The van der Waals surface area contributed by atoms with Gasteiger partial charge in [0.2, 0.25) is 10.0 Å². The molecular weight excluding hydrogens is 293 g/mol. The Morgan fingerprint density at radius 3 is 2.76 bits per heavy atom. The van der Waals surface area contributed by atoms with Gasteiger partial charge < -0.3 is 4.74 Å². The van der Waals surface area contributed by atoms with Crippen molar-refractivity contribution in [2.24, 2.45) is 5.92 Å². The van der Waals surface area contributed by atoms with E-state index in [0.717, 1.165) is 13.0 Å². The molecule has 1 unspecified atom stereocenters. The summed E-state index contributed by atoms with van der Waals surface area (Å²) in [4.78, 5) is 0.157. The van der Waals surface area contributed by atoms with Crippen LogP contribution in [0.2, 0.25) is 0 Å². The van der Waals surface area contributed by atoms with E-state index in [2.05, 4.69) is 0 Å². The second kappa shape index (κ2) is 5.66. The highest BCUT2D eigenvalue weighted by atomic mass is 32.2. The van der Waals surface area contributed by atoms with Crippen molar-refractivity contribution < 1.29 is 17.5 Å². The van der Waals surface area contributed by atoms with Crippen molar-refractivity contribution in [2.45, 2.75) is 37.2 Å². The minimum Gasteiger partial charge on any atom is -0.377 e. The van der Waals surface area contributed by atoms with E-state index < -0.39 is 10.0 Å². The van der Waals surface area contributed by atoms with Gasteiger partial charge in [-0.3, -0.25) is 0 Å². The molecule has 3 rings (SSSR count). The molecule has 0 N–H and O–H groups in total. The van der Waals surface area contributed by atoms with Gasteiger partial charge in [-0.1, -0.05) is 0 Å². The van der Waals surface area contributed by atoms with Crippen LogP contribution in [0.1, 0.15) is 24.8 Å². The number of hydrogen-bond donors (Lipinski definition) is 0. The number of sulfonamides is 1. The lowest BCUT2D eigenvalue weighted by Gasteiger charge is -2.17. The molecule has 21 heavy (non-hydrogen) atoms. The van der Waals surface area contributed by atoms with Crippen LogP contribution in [0.4, 0.5) is 4.39 Å². The summed E-state index contributed by atoms with van der Waals surface area (Å²) in [7, 11) is -3.55. The Balaban J connectivity index is 1.68. The number of halogens is 1. The van der Waals surface area contributed by atoms with Crippen LogP contribution in [0.25, 0.3) is 0 Å². The van der Waals surface area contributed by atoms with Crippen molar-refractivity contribution in [3.8, 4) is 0 Å². The molecule has 116 valence electrons. The monoisotopic (exact) mass is 313 g/mol. The van der Waals surface area contributed by atoms with E-state index in [1.54, 1.807) is 6.92 Å². The molecule has 1 saturated heterocycles. The van der Waals surface area contributed by atoms with Crippen LogP contribution >= 0.6 is 0 Å². The molecule has 2 fully saturated rings. The molecule has 1 aliphatic carbocycles. The summed E-state index contributed by atoms with van der Waals surface area (Å²) in [6.45, 7) is 3.17. The SMILES string of the molecule is Cc1cc(S(=O)(=O)N2CCC(OCC3CC3)C2)ccc1F. The second-order valence-corrected chi connectivity index (χ2v) is 7.90. The van der Waals surface area contributed by atoms with E-state index in [-0.39, 0.29) is 16.8 Å². The predicted octanol–water partition coefficient (Wildman–Crippen LogP) is 2.32. The average Bonchev–Trinajstić information content (AvgIpc) is 3.15. The van der Waals surface area contributed by atoms with Crippen LogP contribution in [-0.2, 0) is 14.8 Å². The van der Waals surface area contributed by atoms with Gasteiger partial charge in [-0.25, -0.2) is 12.8 Å². The average molecular weight is 313 g/mol. The van der Waals surface area contributed by atoms with Gasteiger partial charge in [0.15, 0.2) is 0 Å². The van der Waals surface area contributed by atoms with Gasteiger partial charge >= 0.3 is 0 Å². The summed E-state index contributed by atoms with van der Waals surface area (Å²) in [5, 5.41) is 0. The topological polar surface area (TPSA) is 46.6 Å². The number of rotatable bonds is 5. The molecule has 0 aromatic heterocycles. The van der Waals surface area contributed by atoms with Crippen LogP contribution in [0.5, 0.6) is 0 Å². The molecule has 0 amide bonds. The summed E-state index contributed by atoms with van der Waals surface area (Å²) in [6.07, 6.45) is 3.17. The molecule has 1 heterocycles. The van der Waals surface area contributed by atoms with Crippen molar-refractivity contribution in [1.29, 1.82) is 0 Å². The maximum absolute atomic E-state index is 13.3. The van der Waals surface area contributed by atoms with Gasteiger partial charge in [-0.15, -0.1) is 0 Å². The number of benzene rings is 1. The van der Waals surface area contributed by atoms with Crippen molar-refractivity contribution in [1.82, 2.24) is 4.31 Å². The molecule has 0 spiro atoms. The lowest BCUT2D eigenvalue weighted by atomic mass is 10.2. The van der Waals surface area contributed by atoms with E-state index in [9.17, 15) is 12.8 Å². The molecular formula is C15H20FNO3S. The Kier molecular flexibility index (Phi) is 4.03. The Morgan fingerprint density at radius 1 is 1.33 bits per heavy atom. The van der Waals surface area contributed by atoms with Gasteiger partial charge in [0.05, 0.1) is 11.0 Å². The number of ether oxygens (including phenoxy) is 1. The molecule has 1 aliphatic heterocycles. The zero-order chi connectivity index (χ0) is 15.0. The van der Waals surface area contributed by atoms with Crippen LogP contribution in [0.3, 0.4) is 0 Å². The Hall–Kier alpha value is -0.980. The first-order valence-electron chi connectivity index (χ1n) is 7.35. The first kappa shape index (κ1) is 14.9. The summed E-state index contributed by atoms with van der Waals surface area (Å²) in [6, 6.07) is 3.93. The van der Waals surface area contributed by atoms with Crippen molar-refractivity contribution in [2.75, 3.05) is 19.7 Å². The minimum atomic E-state index is -3.55. The van der Waals surface area contributed by atoms with Crippen LogP contribution in [-0.4, -0.2) is 38.5 Å². The van der Waals surface area contributed by atoms with Crippen LogP contribution in [0, 0.1) is 18.7 Å². The number of hydrogen-bond acceptors (Lipinski definition) is 3. The van der Waals surface area contributed by atoms with E-state index in [1.165, 1.54) is 35.3 Å². The molecule has 0 bridgehead atoms. The smallest absolute Gasteiger partial charge is 0.243 e. The van der Waals surface area contributed by atoms with Crippen LogP contribution < -0.4 is 0 Å². The van der Waals surface area contributed by atoms with Gasteiger partial charge in [-0.2, -0.15) is 4.31 Å². The molecule has 1 aromatic rings. The quantitative estimate of drug-likeness (QED) is 0.838. The summed E-state index contributed by atoms with van der Waals surface area (Å²) in [5.74, 6) is 0.288. The normalized spacial score (nSPS) is 23.6. The first-order valence-corrected chi connectivity index (χ1v) is 8.79. The van der Waals surface area contributed by atoms with E-state index in [1.807, 2.05) is 0 Å². The third-order valence-corrected chi connectivity index (χ3v) is 6.00. The summed E-state index contributed by atoms with van der Waals surface area (Å²) < 4.78 is 45.6. The lowest BCUT2D eigenvalue weighted by molar-refractivity contribution is 0.0561. The molecule has 0 radical (unpaired) electrons. The molecule has 4 nitrogen and oxygen atoms in total. The first-order chi connectivity index (χ1) is 9.96. The zero-order valence-corrected chi connectivity index (χ0v) is 12.9. The summed E-state index contributed by atoms with van der Waals surface area (Å²) in [5.41, 5.74) is 0.344. The van der Waals surface area contributed by atoms with Gasteiger partial charge in [0.1, 0.15) is 5.82 Å². The highest BCUT2D eigenvalue weighted by Crippen LogP contribution is 2.30. The van der Waals surface area contributed by atoms with Gasteiger partial charge in [0, 0.05) is 19.7 Å². The van der Waals surface area contributed by atoms with Crippen LogP contribution in [0.15, 0.2) is 23.1 Å². The maximum atomic E-state index is 13.3. The fourth-order valence-corrected chi connectivity index (χ4v) is 4.11. The Bertz CT molecular complexity index is 628. The molecule has 1 atom stereocenters.